The number of nitrogen functional groups attached to an aromatic ring is 1. The molecule has 6 heteroatoms. The highest BCUT2D eigenvalue weighted by molar-refractivity contribution is 5.37. The van der Waals surface area contributed by atoms with Gasteiger partial charge >= 0.3 is 0 Å². The van der Waals surface area contributed by atoms with Crippen LogP contribution in [0.1, 0.15) is 18.3 Å². The fourth-order valence-electron chi connectivity index (χ4n) is 1.60. The van der Waals surface area contributed by atoms with Gasteiger partial charge in [0.05, 0.1) is 0 Å². The third-order valence-electron chi connectivity index (χ3n) is 2.56. The number of aromatic nitrogens is 2. The summed E-state index contributed by atoms with van der Waals surface area (Å²) in [5, 5.41) is 0. The third-order valence-corrected chi connectivity index (χ3v) is 2.56. The van der Waals surface area contributed by atoms with Crippen LogP contribution in [0.2, 0.25) is 0 Å². The predicted octanol–water partition coefficient (Wildman–Crippen LogP) is 2.84. The van der Waals surface area contributed by atoms with Crippen LogP contribution in [0.4, 0.5) is 10.2 Å². The summed E-state index contributed by atoms with van der Waals surface area (Å²) in [5.41, 5.74) is 6.19. The zero-order chi connectivity index (χ0) is 14.5. The Morgan fingerprint density at radius 3 is 2.75 bits per heavy atom. The van der Waals surface area contributed by atoms with Gasteiger partial charge in [0.25, 0.3) is 0 Å². The van der Waals surface area contributed by atoms with Crippen molar-refractivity contribution in [2.24, 2.45) is 0 Å². The monoisotopic (exact) mass is 277 g/mol. The lowest BCUT2D eigenvalue weighted by Crippen LogP contribution is -2.03. The van der Waals surface area contributed by atoms with Crippen molar-refractivity contribution < 1.29 is 13.9 Å². The normalized spacial score (nSPS) is 10.6. The molecule has 5 nitrogen and oxygen atoms in total. The molecule has 0 atom stereocenters. The van der Waals surface area contributed by atoms with E-state index < -0.39 is 0 Å². The molecule has 0 bridgehead atoms. The number of hydrogen-bond acceptors (Lipinski definition) is 5. The number of rotatable bonds is 5. The molecule has 0 aliphatic carbocycles. The van der Waals surface area contributed by atoms with Gasteiger partial charge in [0.2, 0.25) is 5.88 Å². The van der Waals surface area contributed by atoms with Crippen molar-refractivity contribution in [1.82, 2.24) is 9.97 Å². The summed E-state index contributed by atoms with van der Waals surface area (Å²) >= 11 is 0. The zero-order valence-electron chi connectivity index (χ0n) is 11.4. The van der Waals surface area contributed by atoms with Gasteiger partial charge in [0.1, 0.15) is 24.0 Å². The van der Waals surface area contributed by atoms with Gasteiger partial charge in [-0.15, -0.1) is 0 Å². The molecule has 2 N–H and O–H groups in total. The van der Waals surface area contributed by atoms with Crippen LogP contribution in [-0.4, -0.2) is 16.6 Å². The van der Waals surface area contributed by atoms with E-state index >= 15 is 0 Å². The van der Waals surface area contributed by atoms with Gasteiger partial charge in [0.15, 0.2) is 5.82 Å². The summed E-state index contributed by atoms with van der Waals surface area (Å²) < 4.78 is 24.0. The predicted molar refractivity (Wildman–Crippen MR) is 73.0 cm³/mol. The van der Waals surface area contributed by atoms with Crippen LogP contribution in [0.15, 0.2) is 24.3 Å². The van der Waals surface area contributed by atoms with Crippen LogP contribution in [0.25, 0.3) is 0 Å². The lowest BCUT2D eigenvalue weighted by Gasteiger charge is -2.08. The van der Waals surface area contributed by atoms with Crippen molar-refractivity contribution in [1.29, 1.82) is 0 Å². The molecule has 0 saturated heterocycles. The zero-order valence-corrected chi connectivity index (χ0v) is 11.4. The molecule has 2 aromatic rings. The number of benzene rings is 1. The molecule has 0 amide bonds. The first-order chi connectivity index (χ1) is 9.58. The van der Waals surface area contributed by atoms with Gasteiger partial charge < -0.3 is 15.2 Å². The number of nitrogens with two attached hydrogens (primary N) is 1. The lowest BCUT2D eigenvalue weighted by molar-refractivity contribution is 0.128. The molecule has 1 heterocycles. The van der Waals surface area contributed by atoms with Gasteiger partial charge in [-0.1, -0.05) is 0 Å². The highest BCUT2D eigenvalue weighted by Gasteiger charge is 2.06. The molecule has 106 valence electrons. The van der Waals surface area contributed by atoms with Crippen LogP contribution in [0, 0.1) is 12.7 Å². The largest absolute Gasteiger partial charge is 0.439 e. The van der Waals surface area contributed by atoms with E-state index in [1.807, 2.05) is 6.92 Å². The van der Waals surface area contributed by atoms with Gasteiger partial charge in [-0.2, -0.15) is 4.98 Å². The first-order valence-corrected chi connectivity index (χ1v) is 6.23. The molecule has 1 aromatic carbocycles. The van der Waals surface area contributed by atoms with E-state index in [9.17, 15) is 4.39 Å². The summed E-state index contributed by atoms with van der Waals surface area (Å²) in [4.78, 5) is 8.23. The molecule has 0 saturated carbocycles. The standard InChI is InChI=1S/C14H16FN3O2/c1-3-19-8-13-17-12(16)7-14(18-13)20-10-4-5-11(15)9(2)6-10/h4-7H,3,8H2,1-2H3,(H2,16,17,18). The Labute approximate surface area is 116 Å². The Morgan fingerprint density at radius 2 is 2.05 bits per heavy atom. The molecule has 0 unspecified atom stereocenters. The minimum absolute atomic E-state index is 0.264. The first kappa shape index (κ1) is 14.2. The second kappa shape index (κ2) is 6.29. The van der Waals surface area contributed by atoms with Gasteiger partial charge in [0, 0.05) is 12.7 Å². The number of ether oxygens (including phenoxy) is 2. The maximum Gasteiger partial charge on any atom is 0.224 e. The highest BCUT2D eigenvalue weighted by Crippen LogP contribution is 2.23. The fraction of sp³-hybridized carbons (Fsp3) is 0.286. The SMILES string of the molecule is CCOCc1nc(N)cc(Oc2ccc(F)c(C)c2)n1. The number of anilines is 1. The Bertz CT molecular complexity index is 605. The average molecular weight is 277 g/mol. The molecular formula is C14H16FN3O2. The quantitative estimate of drug-likeness (QED) is 0.910. The second-order valence-corrected chi connectivity index (χ2v) is 4.20. The lowest BCUT2D eigenvalue weighted by atomic mass is 10.2. The van der Waals surface area contributed by atoms with E-state index in [4.69, 9.17) is 15.2 Å². The van der Waals surface area contributed by atoms with Crippen LogP contribution < -0.4 is 10.5 Å². The molecule has 1 aromatic heterocycles. The van der Waals surface area contributed by atoms with Crippen LogP contribution in [-0.2, 0) is 11.3 Å². The van der Waals surface area contributed by atoms with E-state index in [1.54, 1.807) is 13.0 Å². The Balaban J connectivity index is 2.19. The van der Waals surface area contributed by atoms with Crippen LogP contribution in [0.3, 0.4) is 0 Å². The highest BCUT2D eigenvalue weighted by atomic mass is 19.1. The van der Waals surface area contributed by atoms with Crippen molar-refractivity contribution in [2.45, 2.75) is 20.5 Å². The minimum Gasteiger partial charge on any atom is -0.439 e. The molecule has 0 aliphatic rings. The number of aryl methyl sites for hydroxylation is 1. The maximum absolute atomic E-state index is 13.2. The number of hydrogen-bond donors (Lipinski definition) is 1. The summed E-state index contributed by atoms with van der Waals surface area (Å²) in [6.45, 7) is 4.37. The number of nitrogens with zero attached hydrogens (tertiary/aromatic N) is 2. The minimum atomic E-state index is -0.281. The topological polar surface area (TPSA) is 70.3 Å². The smallest absolute Gasteiger partial charge is 0.224 e. The first-order valence-electron chi connectivity index (χ1n) is 6.23. The second-order valence-electron chi connectivity index (χ2n) is 4.20. The number of halogens is 1. The van der Waals surface area contributed by atoms with Gasteiger partial charge in [-0.3, -0.25) is 0 Å². The van der Waals surface area contributed by atoms with Crippen molar-refractivity contribution in [3.05, 3.63) is 41.5 Å². The van der Waals surface area contributed by atoms with Crippen LogP contribution >= 0.6 is 0 Å². The molecular weight excluding hydrogens is 261 g/mol. The van der Waals surface area contributed by atoms with Crippen LogP contribution in [0.5, 0.6) is 11.6 Å². The van der Waals surface area contributed by atoms with Gasteiger partial charge in [-0.25, -0.2) is 9.37 Å². The van der Waals surface area contributed by atoms with E-state index in [-0.39, 0.29) is 12.4 Å². The summed E-state index contributed by atoms with van der Waals surface area (Å²) in [5.74, 6) is 1.25. The molecule has 0 aliphatic heterocycles. The molecule has 2 rings (SSSR count). The van der Waals surface area contributed by atoms with Crippen molar-refractivity contribution >= 4 is 5.82 Å². The third kappa shape index (κ3) is 3.64. The Morgan fingerprint density at radius 1 is 1.25 bits per heavy atom. The summed E-state index contributed by atoms with van der Waals surface area (Å²) in [7, 11) is 0. The Kier molecular flexibility index (Phi) is 4.47. The van der Waals surface area contributed by atoms with E-state index in [2.05, 4.69) is 9.97 Å². The van der Waals surface area contributed by atoms with Crippen molar-refractivity contribution in [3.8, 4) is 11.6 Å². The van der Waals surface area contributed by atoms with E-state index in [0.717, 1.165) is 0 Å². The average Bonchev–Trinajstić information content (AvgIpc) is 2.40. The Hall–Kier alpha value is -2.21. The molecule has 0 fully saturated rings. The fourth-order valence-corrected chi connectivity index (χ4v) is 1.60. The van der Waals surface area contributed by atoms with Crippen molar-refractivity contribution in [2.75, 3.05) is 12.3 Å². The summed E-state index contributed by atoms with van der Waals surface area (Å²) in [6.07, 6.45) is 0. The van der Waals surface area contributed by atoms with E-state index in [1.165, 1.54) is 18.2 Å². The van der Waals surface area contributed by atoms with Crippen molar-refractivity contribution in [3.63, 3.8) is 0 Å². The molecule has 0 radical (unpaired) electrons. The summed E-state index contributed by atoms with van der Waals surface area (Å²) in [6, 6.07) is 5.98. The molecule has 20 heavy (non-hydrogen) atoms. The maximum atomic E-state index is 13.2. The van der Waals surface area contributed by atoms with E-state index in [0.29, 0.717) is 35.4 Å². The van der Waals surface area contributed by atoms with Gasteiger partial charge in [-0.05, 0) is 37.6 Å². The molecule has 0 spiro atoms.